The Labute approximate surface area is 239 Å². The molecule has 42 heavy (non-hydrogen) atoms. The molecule has 4 heterocycles. The number of hydrogen-bond acceptors (Lipinski definition) is 8. The predicted molar refractivity (Wildman–Crippen MR) is 154 cm³/mol. The first-order valence-corrected chi connectivity index (χ1v) is 13.3. The number of esters is 1. The van der Waals surface area contributed by atoms with Gasteiger partial charge in [0, 0.05) is 43.7 Å². The van der Waals surface area contributed by atoms with Crippen molar-refractivity contribution in [2.45, 2.75) is 19.0 Å². The summed E-state index contributed by atoms with van der Waals surface area (Å²) in [6.45, 7) is 1.74. The predicted octanol–water partition coefficient (Wildman–Crippen LogP) is 3.89. The summed E-state index contributed by atoms with van der Waals surface area (Å²) in [5.74, 6) is -1.46. The van der Waals surface area contributed by atoms with E-state index in [-0.39, 0.29) is 23.0 Å². The Morgan fingerprint density at radius 3 is 2.55 bits per heavy atom. The summed E-state index contributed by atoms with van der Waals surface area (Å²) in [5.41, 5.74) is 3.89. The second-order valence-corrected chi connectivity index (χ2v) is 10.1. The number of rotatable bonds is 7. The van der Waals surface area contributed by atoms with Gasteiger partial charge in [0.05, 0.1) is 41.2 Å². The SMILES string of the molecule is COC(=O)c1ccc(-c2ccc(-n3c(=O)n([C@H]4CCN(Cc5cc(C(=O)O)ccn5)C4)c4ncccc43)cc2O)cc1. The highest BCUT2D eigenvalue weighted by Gasteiger charge is 2.29. The fraction of sp³-hybridized carbons (Fsp3) is 0.194. The molecule has 0 spiro atoms. The molecule has 0 amide bonds. The molecule has 212 valence electrons. The molecule has 0 aliphatic carbocycles. The van der Waals surface area contributed by atoms with Gasteiger partial charge in [-0.2, -0.15) is 0 Å². The molecule has 6 rings (SSSR count). The van der Waals surface area contributed by atoms with Crippen molar-refractivity contribution in [2.24, 2.45) is 0 Å². The molecule has 1 saturated heterocycles. The lowest BCUT2D eigenvalue weighted by Crippen LogP contribution is -2.29. The fourth-order valence-electron chi connectivity index (χ4n) is 5.53. The van der Waals surface area contributed by atoms with Crippen LogP contribution in [0.15, 0.2) is 83.9 Å². The maximum atomic E-state index is 13.9. The van der Waals surface area contributed by atoms with E-state index in [1.165, 1.54) is 19.4 Å². The highest BCUT2D eigenvalue weighted by atomic mass is 16.5. The Balaban J connectivity index is 1.30. The van der Waals surface area contributed by atoms with Crippen LogP contribution in [0, 0.1) is 0 Å². The Hall–Kier alpha value is -5.29. The highest BCUT2D eigenvalue weighted by molar-refractivity contribution is 5.90. The van der Waals surface area contributed by atoms with E-state index in [4.69, 9.17) is 4.74 Å². The van der Waals surface area contributed by atoms with Gasteiger partial charge in [-0.3, -0.25) is 19.0 Å². The summed E-state index contributed by atoms with van der Waals surface area (Å²) in [5, 5.41) is 20.3. The number of aromatic carboxylic acids is 1. The van der Waals surface area contributed by atoms with Gasteiger partial charge in [-0.25, -0.2) is 19.4 Å². The number of methoxy groups -OCH3 is 1. The summed E-state index contributed by atoms with van der Waals surface area (Å²) in [7, 11) is 1.32. The van der Waals surface area contributed by atoms with Gasteiger partial charge in [-0.15, -0.1) is 0 Å². The van der Waals surface area contributed by atoms with E-state index in [1.807, 2.05) is 6.07 Å². The lowest BCUT2D eigenvalue weighted by atomic mass is 10.0. The number of nitrogens with zero attached hydrogens (tertiary/aromatic N) is 5. The molecule has 2 aromatic carbocycles. The smallest absolute Gasteiger partial charge is 0.337 e. The molecule has 2 N–H and O–H groups in total. The van der Waals surface area contributed by atoms with Crippen LogP contribution in [0.3, 0.4) is 0 Å². The van der Waals surface area contributed by atoms with Gasteiger partial charge in [0.25, 0.3) is 0 Å². The first-order chi connectivity index (χ1) is 20.3. The van der Waals surface area contributed by atoms with Crippen LogP contribution < -0.4 is 5.69 Å². The van der Waals surface area contributed by atoms with Gasteiger partial charge in [0.2, 0.25) is 0 Å². The van der Waals surface area contributed by atoms with Gasteiger partial charge in [-0.05, 0) is 60.5 Å². The number of fused-ring (bicyclic) bond motifs is 1. The number of carboxylic acids is 1. The Kier molecular flexibility index (Phi) is 7.01. The number of carbonyl (C=O) groups excluding carboxylic acids is 1. The van der Waals surface area contributed by atoms with Gasteiger partial charge in [-0.1, -0.05) is 12.1 Å². The maximum Gasteiger partial charge on any atom is 0.337 e. The van der Waals surface area contributed by atoms with Crippen LogP contribution in [-0.4, -0.2) is 66.4 Å². The van der Waals surface area contributed by atoms with Crippen molar-refractivity contribution >= 4 is 23.1 Å². The number of imidazole rings is 1. The van der Waals surface area contributed by atoms with Crippen molar-refractivity contribution in [1.29, 1.82) is 0 Å². The number of benzene rings is 2. The molecular formula is C31H27N5O6. The topological polar surface area (TPSA) is 140 Å². The third-order valence-corrected chi connectivity index (χ3v) is 7.55. The quantitative estimate of drug-likeness (QED) is 0.281. The van der Waals surface area contributed by atoms with Crippen molar-refractivity contribution in [3.05, 3.63) is 106 Å². The van der Waals surface area contributed by atoms with Crippen LogP contribution >= 0.6 is 0 Å². The van der Waals surface area contributed by atoms with Crippen molar-refractivity contribution in [3.63, 3.8) is 0 Å². The van der Waals surface area contributed by atoms with Gasteiger partial charge in [0.15, 0.2) is 5.65 Å². The average molecular weight is 566 g/mol. The highest BCUT2D eigenvalue weighted by Crippen LogP contribution is 2.33. The zero-order valence-electron chi connectivity index (χ0n) is 22.7. The maximum absolute atomic E-state index is 13.9. The van der Waals surface area contributed by atoms with E-state index in [0.29, 0.717) is 65.3 Å². The summed E-state index contributed by atoms with van der Waals surface area (Å²) in [4.78, 5) is 48.0. The number of carbonyl (C=O) groups is 2. The van der Waals surface area contributed by atoms with Crippen LogP contribution in [0.4, 0.5) is 0 Å². The van der Waals surface area contributed by atoms with Crippen LogP contribution in [0.2, 0.25) is 0 Å². The summed E-state index contributed by atoms with van der Waals surface area (Å²) >= 11 is 0. The zero-order valence-corrected chi connectivity index (χ0v) is 22.7. The molecule has 11 nitrogen and oxygen atoms in total. The third-order valence-electron chi connectivity index (χ3n) is 7.55. The lowest BCUT2D eigenvalue weighted by Gasteiger charge is -2.16. The first-order valence-electron chi connectivity index (χ1n) is 13.3. The zero-order chi connectivity index (χ0) is 29.4. The Morgan fingerprint density at radius 2 is 1.81 bits per heavy atom. The van der Waals surface area contributed by atoms with Crippen LogP contribution in [0.25, 0.3) is 28.0 Å². The third kappa shape index (κ3) is 4.90. The molecule has 0 unspecified atom stereocenters. The standard InChI is InChI=1S/C31H27N5O6/c1-42-30(40)20-6-4-19(5-7-20)25-9-8-23(16-27(25)37)35-26-3-2-12-33-28(26)36(31(35)41)24-11-14-34(18-24)17-22-15-21(29(38)39)10-13-32-22/h2-10,12-13,15-16,24,37H,11,14,17-18H2,1H3,(H,38,39)/t24-/m0/s1. The summed E-state index contributed by atoms with van der Waals surface area (Å²) < 4.78 is 8.00. The van der Waals surface area contributed by atoms with E-state index >= 15 is 0 Å². The second kappa shape index (κ2) is 10.9. The van der Waals surface area contributed by atoms with Crippen molar-refractivity contribution in [3.8, 4) is 22.6 Å². The molecule has 11 heteroatoms. The normalized spacial score (nSPS) is 15.2. The number of likely N-dealkylation sites (tertiary alicyclic amines) is 1. The summed E-state index contributed by atoms with van der Waals surface area (Å²) in [6.07, 6.45) is 3.85. The largest absolute Gasteiger partial charge is 0.507 e. The molecule has 1 aliphatic rings. The number of carboxylic acid groups (broad SMARTS) is 1. The van der Waals surface area contributed by atoms with E-state index in [1.54, 1.807) is 69.9 Å². The summed E-state index contributed by atoms with van der Waals surface area (Å²) in [6, 6.07) is 18.2. The number of aromatic hydroxyl groups is 1. The Morgan fingerprint density at radius 1 is 1.00 bits per heavy atom. The number of phenolic OH excluding ortho intramolecular Hbond substituents is 1. The minimum atomic E-state index is -1.00. The van der Waals surface area contributed by atoms with Crippen LogP contribution in [0.5, 0.6) is 5.75 Å². The second-order valence-electron chi connectivity index (χ2n) is 10.1. The van der Waals surface area contributed by atoms with E-state index in [2.05, 4.69) is 14.9 Å². The van der Waals surface area contributed by atoms with Crippen molar-refractivity contribution < 1.29 is 24.5 Å². The fourth-order valence-corrected chi connectivity index (χ4v) is 5.53. The van der Waals surface area contributed by atoms with Crippen molar-refractivity contribution in [2.75, 3.05) is 20.2 Å². The van der Waals surface area contributed by atoms with Gasteiger partial charge < -0.3 is 14.9 Å². The van der Waals surface area contributed by atoms with E-state index in [0.717, 1.165) is 0 Å². The van der Waals surface area contributed by atoms with Gasteiger partial charge in [0.1, 0.15) is 5.75 Å². The molecule has 1 aliphatic heterocycles. The minimum absolute atomic E-state index is 0.0156. The lowest BCUT2D eigenvalue weighted by molar-refractivity contribution is 0.0599. The first kappa shape index (κ1) is 26.9. The number of ether oxygens (including phenoxy) is 1. The van der Waals surface area contributed by atoms with E-state index < -0.39 is 11.9 Å². The number of pyridine rings is 2. The van der Waals surface area contributed by atoms with Crippen LogP contribution in [-0.2, 0) is 11.3 Å². The molecule has 0 bridgehead atoms. The molecular weight excluding hydrogens is 538 g/mol. The molecule has 3 aromatic heterocycles. The minimum Gasteiger partial charge on any atom is -0.507 e. The van der Waals surface area contributed by atoms with Crippen molar-refractivity contribution in [1.82, 2.24) is 24.0 Å². The average Bonchev–Trinajstić information content (AvgIpc) is 3.57. The molecule has 5 aromatic rings. The Bertz CT molecular complexity index is 1880. The molecule has 0 saturated carbocycles. The number of aromatic nitrogens is 4. The van der Waals surface area contributed by atoms with Crippen LogP contribution in [0.1, 0.15) is 38.9 Å². The van der Waals surface area contributed by atoms with E-state index in [9.17, 15) is 24.6 Å². The van der Waals surface area contributed by atoms with Gasteiger partial charge >= 0.3 is 17.6 Å². The molecule has 1 atom stereocenters. The number of phenols is 1. The monoisotopic (exact) mass is 565 g/mol. The molecule has 1 fully saturated rings. The number of hydrogen-bond donors (Lipinski definition) is 2. The molecule has 0 radical (unpaired) electrons.